The molecule has 154 valence electrons. The molecule has 1 atom stereocenters. The highest BCUT2D eigenvalue weighted by molar-refractivity contribution is 5.94. The minimum Gasteiger partial charge on any atom is -0.497 e. The first-order valence-electron chi connectivity index (χ1n) is 9.86. The summed E-state index contributed by atoms with van der Waals surface area (Å²) in [5.74, 6) is 2.15. The van der Waals surface area contributed by atoms with E-state index >= 15 is 0 Å². The average molecular weight is 405 g/mol. The topological polar surface area (TPSA) is 82.6 Å². The number of amides is 1. The van der Waals surface area contributed by atoms with Crippen LogP contribution in [-0.2, 0) is 4.74 Å². The van der Waals surface area contributed by atoms with Crippen molar-refractivity contribution in [3.63, 3.8) is 0 Å². The number of carbonyl (C=O) groups excluding carboxylic acids is 1. The monoisotopic (exact) mass is 405 g/mol. The van der Waals surface area contributed by atoms with E-state index in [1.165, 1.54) is 0 Å². The maximum atomic E-state index is 12.3. The number of nitrogens with zero attached hydrogens (tertiary/aromatic N) is 2. The molecule has 1 aliphatic rings. The standard InChI is InChI=1S/C23H23N3O4/c1-28-18-4-2-5-19(14-18)30-21-11-12-24-22(26-21)16-7-9-17(10-8-16)23(27)25-15-20-6-3-13-29-20/h2,4-5,7-12,14,20H,3,6,13,15H2,1H3,(H,25,27)/t20-/m0/s1. The molecule has 3 aromatic rings. The van der Waals surface area contributed by atoms with Crippen LogP contribution in [0.3, 0.4) is 0 Å². The summed E-state index contributed by atoms with van der Waals surface area (Å²) in [5, 5.41) is 2.92. The molecule has 7 nitrogen and oxygen atoms in total. The Kier molecular flexibility index (Phi) is 6.20. The Bertz CT molecular complexity index is 1000. The van der Waals surface area contributed by atoms with Gasteiger partial charge in [-0.05, 0) is 37.1 Å². The fourth-order valence-electron chi connectivity index (χ4n) is 3.21. The lowest BCUT2D eigenvalue weighted by atomic mass is 10.1. The molecule has 1 fully saturated rings. The maximum Gasteiger partial charge on any atom is 0.251 e. The molecule has 0 radical (unpaired) electrons. The van der Waals surface area contributed by atoms with Crippen molar-refractivity contribution in [2.75, 3.05) is 20.3 Å². The Balaban J connectivity index is 1.42. The summed E-state index contributed by atoms with van der Waals surface area (Å²) in [6.45, 7) is 1.31. The van der Waals surface area contributed by atoms with E-state index in [4.69, 9.17) is 14.2 Å². The molecule has 0 saturated carbocycles. The normalized spacial score (nSPS) is 15.6. The van der Waals surface area contributed by atoms with Crippen molar-refractivity contribution in [2.24, 2.45) is 0 Å². The molecular formula is C23H23N3O4. The summed E-state index contributed by atoms with van der Waals surface area (Å²) in [7, 11) is 1.61. The fraction of sp³-hybridized carbons (Fsp3) is 0.261. The zero-order chi connectivity index (χ0) is 20.8. The van der Waals surface area contributed by atoms with E-state index in [9.17, 15) is 4.79 Å². The highest BCUT2D eigenvalue weighted by Crippen LogP contribution is 2.25. The molecule has 1 N–H and O–H groups in total. The summed E-state index contributed by atoms with van der Waals surface area (Å²) < 4.78 is 16.6. The minimum absolute atomic E-state index is 0.118. The second-order valence-corrected chi connectivity index (χ2v) is 6.92. The number of methoxy groups -OCH3 is 1. The molecule has 2 heterocycles. The van der Waals surface area contributed by atoms with E-state index < -0.39 is 0 Å². The SMILES string of the molecule is COc1cccc(Oc2ccnc(-c3ccc(C(=O)NC[C@@H]4CCCO4)cc3)n2)c1. The van der Waals surface area contributed by atoms with Crippen LogP contribution in [-0.4, -0.2) is 42.2 Å². The van der Waals surface area contributed by atoms with Gasteiger partial charge in [0.2, 0.25) is 5.88 Å². The van der Waals surface area contributed by atoms with Crippen molar-refractivity contribution >= 4 is 5.91 Å². The predicted octanol–water partition coefficient (Wildman–Crippen LogP) is 3.85. The van der Waals surface area contributed by atoms with Crippen molar-refractivity contribution in [3.05, 3.63) is 66.4 Å². The van der Waals surface area contributed by atoms with E-state index in [1.807, 2.05) is 30.3 Å². The molecule has 0 aliphatic carbocycles. The zero-order valence-electron chi connectivity index (χ0n) is 16.7. The summed E-state index contributed by atoms with van der Waals surface area (Å²) in [4.78, 5) is 21.1. The van der Waals surface area contributed by atoms with Gasteiger partial charge in [0.25, 0.3) is 5.91 Å². The van der Waals surface area contributed by atoms with Crippen LogP contribution in [0.15, 0.2) is 60.8 Å². The van der Waals surface area contributed by atoms with Gasteiger partial charge in [0.05, 0.1) is 13.2 Å². The fourth-order valence-corrected chi connectivity index (χ4v) is 3.21. The summed E-state index contributed by atoms with van der Waals surface area (Å²) >= 11 is 0. The molecule has 1 aromatic heterocycles. The number of aromatic nitrogens is 2. The van der Waals surface area contributed by atoms with Gasteiger partial charge in [-0.15, -0.1) is 0 Å². The van der Waals surface area contributed by atoms with E-state index in [2.05, 4.69) is 15.3 Å². The van der Waals surface area contributed by atoms with Gasteiger partial charge >= 0.3 is 0 Å². The van der Waals surface area contributed by atoms with Gasteiger partial charge in [0.15, 0.2) is 5.82 Å². The summed E-state index contributed by atoms with van der Waals surface area (Å²) in [6, 6.07) is 16.2. The molecule has 30 heavy (non-hydrogen) atoms. The van der Waals surface area contributed by atoms with Crippen LogP contribution >= 0.6 is 0 Å². The van der Waals surface area contributed by atoms with Crippen LogP contribution in [0.25, 0.3) is 11.4 Å². The second kappa shape index (κ2) is 9.37. The first-order chi connectivity index (χ1) is 14.7. The molecule has 0 spiro atoms. The van der Waals surface area contributed by atoms with Gasteiger partial charge < -0.3 is 19.5 Å². The lowest BCUT2D eigenvalue weighted by molar-refractivity contribution is 0.0858. The van der Waals surface area contributed by atoms with Gasteiger partial charge in [0, 0.05) is 42.6 Å². The van der Waals surface area contributed by atoms with Crippen LogP contribution in [0.1, 0.15) is 23.2 Å². The lowest BCUT2D eigenvalue weighted by Gasteiger charge is -2.11. The number of benzene rings is 2. The number of hydrogen-bond donors (Lipinski definition) is 1. The largest absolute Gasteiger partial charge is 0.497 e. The maximum absolute atomic E-state index is 12.3. The van der Waals surface area contributed by atoms with Crippen LogP contribution < -0.4 is 14.8 Å². The smallest absolute Gasteiger partial charge is 0.251 e. The minimum atomic E-state index is -0.118. The molecule has 0 unspecified atom stereocenters. The highest BCUT2D eigenvalue weighted by Gasteiger charge is 2.16. The molecule has 0 bridgehead atoms. The van der Waals surface area contributed by atoms with Gasteiger partial charge in [-0.25, -0.2) is 4.98 Å². The van der Waals surface area contributed by atoms with Crippen molar-refractivity contribution in [2.45, 2.75) is 18.9 Å². The van der Waals surface area contributed by atoms with Crippen LogP contribution in [0.5, 0.6) is 17.4 Å². The molecular weight excluding hydrogens is 382 g/mol. The van der Waals surface area contributed by atoms with E-state index in [0.717, 1.165) is 25.0 Å². The Morgan fingerprint density at radius 2 is 2.00 bits per heavy atom. The average Bonchev–Trinajstić information content (AvgIpc) is 3.32. The van der Waals surface area contributed by atoms with E-state index in [1.54, 1.807) is 37.6 Å². The summed E-state index contributed by atoms with van der Waals surface area (Å²) in [6.07, 6.45) is 3.80. The number of hydrogen-bond acceptors (Lipinski definition) is 6. The Hall–Kier alpha value is -3.45. The third kappa shape index (κ3) is 4.93. The lowest BCUT2D eigenvalue weighted by Crippen LogP contribution is -2.31. The van der Waals surface area contributed by atoms with Crippen molar-refractivity contribution in [3.8, 4) is 28.8 Å². The van der Waals surface area contributed by atoms with Crippen molar-refractivity contribution < 1.29 is 19.0 Å². The first kappa shape index (κ1) is 19.8. The van der Waals surface area contributed by atoms with Crippen LogP contribution in [0, 0.1) is 0 Å². The third-order valence-corrected chi connectivity index (χ3v) is 4.81. The number of nitrogens with one attached hydrogen (secondary N) is 1. The van der Waals surface area contributed by atoms with Crippen molar-refractivity contribution in [1.82, 2.24) is 15.3 Å². The highest BCUT2D eigenvalue weighted by atomic mass is 16.5. The molecule has 4 rings (SSSR count). The summed E-state index contributed by atoms with van der Waals surface area (Å²) in [5.41, 5.74) is 1.38. The molecule has 1 amide bonds. The Labute approximate surface area is 175 Å². The molecule has 1 saturated heterocycles. The molecule has 7 heteroatoms. The quantitative estimate of drug-likeness (QED) is 0.643. The van der Waals surface area contributed by atoms with Gasteiger partial charge in [-0.3, -0.25) is 4.79 Å². The molecule has 1 aliphatic heterocycles. The number of carbonyl (C=O) groups is 1. The second-order valence-electron chi connectivity index (χ2n) is 6.92. The van der Waals surface area contributed by atoms with Gasteiger partial charge in [0.1, 0.15) is 11.5 Å². The Morgan fingerprint density at radius 1 is 1.17 bits per heavy atom. The number of ether oxygens (including phenoxy) is 3. The Morgan fingerprint density at radius 3 is 2.77 bits per heavy atom. The van der Waals surface area contributed by atoms with Crippen LogP contribution in [0.2, 0.25) is 0 Å². The van der Waals surface area contributed by atoms with E-state index in [0.29, 0.717) is 35.3 Å². The van der Waals surface area contributed by atoms with Gasteiger partial charge in [-0.1, -0.05) is 18.2 Å². The van der Waals surface area contributed by atoms with E-state index in [-0.39, 0.29) is 12.0 Å². The third-order valence-electron chi connectivity index (χ3n) is 4.81. The zero-order valence-corrected chi connectivity index (χ0v) is 16.7. The predicted molar refractivity (Wildman–Crippen MR) is 112 cm³/mol. The molecule has 2 aromatic carbocycles. The van der Waals surface area contributed by atoms with Gasteiger partial charge in [-0.2, -0.15) is 4.98 Å². The van der Waals surface area contributed by atoms with Crippen molar-refractivity contribution in [1.29, 1.82) is 0 Å². The first-order valence-corrected chi connectivity index (χ1v) is 9.86. The number of rotatable bonds is 7. The van der Waals surface area contributed by atoms with Crippen LogP contribution in [0.4, 0.5) is 0 Å².